The van der Waals surface area contributed by atoms with Gasteiger partial charge in [-0.3, -0.25) is 10.3 Å². The first-order valence-corrected chi connectivity index (χ1v) is 6.30. The summed E-state index contributed by atoms with van der Waals surface area (Å²) >= 11 is 0. The highest BCUT2D eigenvalue weighted by molar-refractivity contribution is 6.06. The number of ether oxygens (including phenoxy) is 1. The summed E-state index contributed by atoms with van der Waals surface area (Å²) < 4.78 is 44.8. The van der Waals surface area contributed by atoms with Gasteiger partial charge in [0.1, 0.15) is 18.0 Å². The first-order valence-electron chi connectivity index (χ1n) is 6.30. The Bertz CT molecular complexity index is 493. The molecule has 0 aromatic heterocycles. The summed E-state index contributed by atoms with van der Waals surface area (Å²) in [7, 11) is 0. The molecule has 1 saturated heterocycles. The molecule has 3 rings (SSSR count). The SMILES string of the molecule is CC1=CC(C)C2NC3OC3CN=C(C(F)(F)F)C2=C1. The Morgan fingerprint density at radius 3 is 2.84 bits per heavy atom. The van der Waals surface area contributed by atoms with Crippen LogP contribution in [0, 0.1) is 5.92 Å². The number of hydrogen-bond acceptors (Lipinski definition) is 3. The molecule has 3 nitrogen and oxygen atoms in total. The summed E-state index contributed by atoms with van der Waals surface area (Å²) in [5.74, 6) is -0.0181. The van der Waals surface area contributed by atoms with Crippen molar-refractivity contribution in [1.82, 2.24) is 5.32 Å². The average Bonchev–Trinajstić information content (AvgIpc) is 2.96. The highest BCUT2D eigenvalue weighted by atomic mass is 19.4. The molecule has 3 aliphatic rings. The first-order chi connectivity index (χ1) is 8.86. The molecular formula is C13H15F3N2O. The number of nitrogens with zero attached hydrogens (tertiary/aromatic N) is 1. The molecule has 6 heteroatoms. The number of alkyl halides is 3. The summed E-state index contributed by atoms with van der Waals surface area (Å²) in [5, 5.41) is 3.15. The predicted molar refractivity (Wildman–Crippen MR) is 64.9 cm³/mol. The molecule has 0 spiro atoms. The maximum Gasteiger partial charge on any atom is 0.433 e. The monoisotopic (exact) mass is 272 g/mol. The number of allylic oxidation sites excluding steroid dienone is 2. The van der Waals surface area contributed by atoms with Crippen molar-refractivity contribution in [3.8, 4) is 0 Å². The molecule has 0 bridgehead atoms. The molecule has 0 aromatic carbocycles. The lowest BCUT2D eigenvalue weighted by molar-refractivity contribution is -0.0588. The highest BCUT2D eigenvalue weighted by Crippen LogP contribution is 2.35. The van der Waals surface area contributed by atoms with Crippen molar-refractivity contribution in [1.29, 1.82) is 0 Å². The normalized spacial score (nSPS) is 38.1. The Balaban J connectivity index is 2.05. The van der Waals surface area contributed by atoms with Crippen LogP contribution in [0.25, 0.3) is 0 Å². The largest absolute Gasteiger partial charge is 0.433 e. The molecule has 1 N–H and O–H groups in total. The van der Waals surface area contributed by atoms with Crippen LogP contribution in [-0.2, 0) is 4.74 Å². The zero-order valence-electron chi connectivity index (χ0n) is 10.7. The smallest absolute Gasteiger partial charge is 0.351 e. The van der Waals surface area contributed by atoms with Crippen LogP contribution >= 0.6 is 0 Å². The minimum absolute atomic E-state index is 0.0181. The molecule has 2 aliphatic heterocycles. The van der Waals surface area contributed by atoms with Gasteiger partial charge in [0.2, 0.25) is 0 Å². The van der Waals surface area contributed by atoms with E-state index in [1.54, 1.807) is 6.08 Å². The molecular weight excluding hydrogens is 257 g/mol. The summed E-state index contributed by atoms with van der Waals surface area (Å²) in [6, 6.07) is -0.389. The molecule has 4 atom stereocenters. The van der Waals surface area contributed by atoms with Gasteiger partial charge in [-0.1, -0.05) is 24.6 Å². The van der Waals surface area contributed by atoms with E-state index in [1.807, 2.05) is 19.9 Å². The maximum atomic E-state index is 13.2. The van der Waals surface area contributed by atoms with Gasteiger partial charge in [-0.25, -0.2) is 0 Å². The molecule has 1 aliphatic carbocycles. The highest BCUT2D eigenvalue weighted by Gasteiger charge is 2.48. The van der Waals surface area contributed by atoms with Gasteiger partial charge in [0.15, 0.2) is 0 Å². The van der Waals surface area contributed by atoms with Crippen molar-refractivity contribution in [2.75, 3.05) is 6.54 Å². The standard InChI is InChI=1S/C13H15F3N2O/c1-6-3-7(2)10-8(4-6)11(13(14,15)16)17-5-9-12(18-10)19-9/h3-4,7,9-10,12,18H,5H2,1-2H3. The van der Waals surface area contributed by atoms with Crippen molar-refractivity contribution in [3.63, 3.8) is 0 Å². The zero-order valence-corrected chi connectivity index (χ0v) is 10.7. The second-order valence-electron chi connectivity index (χ2n) is 5.30. The number of halogens is 3. The summed E-state index contributed by atoms with van der Waals surface area (Å²) in [6.07, 6.45) is -1.27. The van der Waals surface area contributed by atoms with Crippen LogP contribution in [0.2, 0.25) is 0 Å². The summed E-state index contributed by atoms with van der Waals surface area (Å²) in [5.41, 5.74) is 0.304. The van der Waals surface area contributed by atoms with Crippen molar-refractivity contribution in [3.05, 3.63) is 23.3 Å². The second-order valence-corrected chi connectivity index (χ2v) is 5.30. The van der Waals surface area contributed by atoms with Crippen molar-refractivity contribution in [2.24, 2.45) is 10.9 Å². The van der Waals surface area contributed by atoms with E-state index in [0.717, 1.165) is 5.57 Å². The van der Waals surface area contributed by atoms with Crippen molar-refractivity contribution in [2.45, 2.75) is 38.4 Å². The lowest BCUT2D eigenvalue weighted by Gasteiger charge is -2.31. The molecule has 104 valence electrons. The fraction of sp³-hybridized carbons (Fsp3) is 0.615. The van der Waals surface area contributed by atoms with Gasteiger partial charge in [-0.2, -0.15) is 13.2 Å². The van der Waals surface area contributed by atoms with Crippen LogP contribution in [0.4, 0.5) is 13.2 Å². The van der Waals surface area contributed by atoms with Crippen LogP contribution < -0.4 is 5.32 Å². The van der Waals surface area contributed by atoms with Crippen LogP contribution in [-0.4, -0.2) is 36.8 Å². The van der Waals surface area contributed by atoms with Crippen LogP contribution in [0.15, 0.2) is 28.3 Å². The van der Waals surface area contributed by atoms with E-state index >= 15 is 0 Å². The number of rotatable bonds is 0. The fourth-order valence-corrected chi connectivity index (χ4v) is 2.77. The quantitative estimate of drug-likeness (QED) is 0.686. The van der Waals surface area contributed by atoms with Crippen molar-refractivity contribution >= 4 is 5.71 Å². The third kappa shape index (κ3) is 2.34. The van der Waals surface area contributed by atoms with Gasteiger partial charge in [0.05, 0.1) is 6.54 Å². The number of nitrogens with one attached hydrogen (secondary N) is 1. The van der Waals surface area contributed by atoms with E-state index in [1.165, 1.54) is 0 Å². The topological polar surface area (TPSA) is 36.9 Å². The summed E-state index contributed by atoms with van der Waals surface area (Å²) in [6.45, 7) is 3.78. The second kappa shape index (κ2) is 4.18. The van der Waals surface area contributed by atoms with E-state index in [2.05, 4.69) is 10.3 Å². The van der Waals surface area contributed by atoms with E-state index in [0.29, 0.717) is 0 Å². The molecule has 0 saturated carbocycles. The average molecular weight is 272 g/mol. The number of fused-ring (bicyclic) bond motifs is 2. The van der Waals surface area contributed by atoms with Gasteiger partial charge < -0.3 is 4.74 Å². The Labute approximate surface area is 109 Å². The van der Waals surface area contributed by atoms with Crippen LogP contribution in [0.5, 0.6) is 0 Å². The van der Waals surface area contributed by atoms with Gasteiger partial charge in [0, 0.05) is 11.6 Å². The number of aliphatic imine (C=N–C) groups is 1. The molecule has 19 heavy (non-hydrogen) atoms. The molecule has 0 radical (unpaired) electrons. The first kappa shape index (κ1) is 12.9. The van der Waals surface area contributed by atoms with E-state index in [-0.39, 0.29) is 36.4 Å². The lowest BCUT2D eigenvalue weighted by Crippen LogP contribution is -2.46. The van der Waals surface area contributed by atoms with Gasteiger partial charge >= 0.3 is 6.18 Å². The molecule has 4 unspecified atom stereocenters. The Morgan fingerprint density at radius 1 is 1.42 bits per heavy atom. The van der Waals surface area contributed by atoms with E-state index < -0.39 is 11.9 Å². The van der Waals surface area contributed by atoms with Gasteiger partial charge in [-0.15, -0.1) is 0 Å². The van der Waals surface area contributed by atoms with E-state index in [4.69, 9.17) is 4.74 Å². The number of epoxide rings is 1. The Kier molecular flexibility index (Phi) is 2.83. The predicted octanol–water partition coefficient (Wildman–Crippen LogP) is 2.21. The molecule has 1 fully saturated rings. The number of hydrogen-bond donors (Lipinski definition) is 1. The van der Waals surface area contributed by atoms with E-state index in [9.17, 15) is 13.2 Å². The third-order valence-corrected chi connectivity index (χ3v) is 3.67. The Morgan fingerprint density at radius 2 is 2.16 bits per heavy atom. The van der Waals surface area contributed by atoms with Gasteiger partial charge in [0.25, 0.3) is 0 Å². The van der Waals surface area contributed by atoms with Gasteiger partial charge in [-0.05, 0) is 12.8 Å². The Hall–Kier alpha value is -1.14. The van der Waals surface area contributed by atoms with Crippen molar-refractivity contribution < 1.29 is 17.9 Å². The molecule has 0 aromatic rings. The third-order valence-electron chi connectivity index (χ3n) is 3.67. The lowest BCUT2D eigenvalue weighted by atomic mass is 9.84. The zero-order chi connectivity index (χ0) is 13.8. The van der Waals surface area contributed by atoms with Crippen LogP contribution in [0.1, 0.15) is 13.8 Å². The summed E-state index contributed by atoms with van der Waals surface area (Å²) in [4.78, 5) is 3.76. The molecule has 2 heterocycles. The maximum absolute atomic E-state index is 13.2. The van der Waals surface area contributed by atoms with Crippen LogP contribution in [0.3, 0.4) is 0 Å². The minimum Gasteiger partial charge on any atom is -0.351 e. The molecule has 0 amide bonds. The minimum atomic E-state index is -4.43. The fourth-order valence-electron chi connectivity index (χ4n) is 2.77.